The zero-order valence-corrected chi connectivity index (χ0v) is 21.8. The lowest BCUT2D eigenvalue weighted by molar-refractivity contribution is -0.138. The Bertz CT molecular complexity index is 1290. The summed E-state index contributed by atoms with van der Waals surface area (Å²) < 4.78 is 61.9. The number of pyridine rings is 1. The van der Waals surface area contributed by atoms with Crippen LogP contribution in [0.15, 0.2) is 66.9 Å². The zero-order valence-electron chi connectivity index (χ0n) is 21.8. The fourth-order valence-electron chi connectivity index (χ4n) is 3.94. The third-order valence-electron chi connectivity index (χ3n) is 6.08. The molecule has 0 saturated carbocycles. The number of amides is 1. The van der Waals surface area contributed by atoms with Crippen LogP contribution in [-0.2, 0) is 17.4 Å². The molecule has 10 heteroatoms. The third-order valence-corrected chi connectivity index (χ3v) is 6.08. The molecule has 39 heavy (non-hydrogen) atoms. The first kappa shape index (κ1) is 29.4. The average molecular weight is 543 g/mol. The maximum Gasteiger partial charge on any atom is 0.417 e. The van der Waals surface area contributed by atoms with Gasteiger partial charge in [0.2, 0.25) is 5.88 Å². The van der Waals surface area contributed by atoms with Crippen molar-refractivity contribution in [2.45, 2.75) is 50.9 Å². The van der Waals surface area contributed by atoms with E-state index < -0.39 is 36.0 Å². The fraction of sp³-hybridized carbons (Fsp3) is 0.345. The molecule has 1 amide bonds. The SMILES string of the molecule is [C-]#[N+]c1cccc([C@H](Cc2ccc(OCC[18F])cc2)[C@H](C)NC(=O)C(C)(C)Oc2ccc(C(F)(F)F)cn2)c1. The first-order chi connectivity index (χ1) is 18.4. The van der Waals surface area contributed by atoms with Crippen molar-refractivity contribution in [3.8, 4) is 11.6 Å². The van der Waals surface area contributed by atoms with E-state index in [0.717, 1.165) is 23.3 Å². The van der Waals surface area contributed by atoms with Crippen molar-refractivity contribution in [2.75, 3.05) is 13.3 Å². The van der Waals surface area contributed by atoms with E-state index in [9.17, 15) is 22.4 Å². The minimum absolute atomic E-state index is 0.0334. The lowest BCUT2D eigenvalue weighted by Gasteiger charge is -2.31. The smallest absolute Gasteiger partial charge is 0.417 e. The highest BCUT2D eigenvalue weighted by molar-refractivity contribution is 5.85. The summed E-state index contributed by atoms with van der Waals surface area (Å²) in [6.07, 6.45) is -3.37. The molecule has 0 bridgehead atoms. The third kappa shape index (κ3) is 8.18. The van der Waals surface area contributed by atoms with E-state index in [1.165, 1.54) is 13.8 Å². The average Bonchev–Trinajstić information content (AvgIpc) is 2.90. The number of hydrogen-bond acceptors (Lipinski definition) is 4. The summed E-state index contributed by atoms with van der Waals surface area (Å²) in [5, 5.41) is 2.96. The van der Waals surface area contributed by atoms with Crippen molar-refractivity contribution < 1.29 is 31.8 Å². The van der Waals surface area contributed by atoms with Gasteiger partial charge in [-0.1, -0.05) is 42.0 Å². The number of rotatable bonds is 11. The highest BCUT2D eigenvalue weighted by Crippen LogP contribution is 2.31. The molecule has 0 saturated heterocycles. The van der Waals surface area contributed by atoms with Gasteiger partial charge in [0.05, 0.1) is 12.1 Å². The van der Waals surface area contributed by atoms with Gasteiger partial charge in [-0.15, -0.1) is 0 Å². The topological polar surface area (TPSA) is 64.8 Å². The van der Waals surface area contributed by atoms with Crippen LogP contribution >= 0.6 is 0 Å². The maximum atomic E-state index is 13.2. The predicted molar refractivity (Wildman–Crippen MR) is 139 cm³/mol. The number of halogens is 4. The molecule has 1 aromatic heterocycles. The molecule has 0 aliphatic heterocycles. The summed E-state index contributed by atoms with van der Waals surface area (Å²) in [6, 6.07) is 15.8. The second-order valence-electron chi connectivity index (χ2n) is 9.46. The van der Waals surface area contributed by atoms with E-state index in [2.05, 4.69) is 15.1 Å². The molecule has 0 spiro atoms. The summed E-state index contributed by atoms with van der Waals surface area (Å²) in [5.74, 6) is -0.307. The summed E-state index contributed by atoms with van der Waals surface area (Å²) in [7, 11) is 0. The minimum Gasteiger partial charge on any atom is -0.491 e. The Kier molecular flexibility index (Phi) is 9.51. The Balaban J connectivity index is 1.78. The van der Waals surface area contributed by atoms with E-state index in [0.29, 0.717) is 24.1 Å². The van der Waals surface area contributed by atoms with Crippen LogP contribution in [-0.4, -0.2) is 35.8 Å². The van der Waals surface area contributed by atoms with Crippen LogP contribution in [0.25, 0.3) is 4.85 Å². The van der Waals surface area contributed by atoms with Crippen molar-refractivity contribution in [2.24, 2.45) is 0 Å². The predicted octanol–water partition coefficient (Wildman–Crippen LogP) is 6.69. The molecule has 0 aliphatic carbocycles. The Morgan fingerprint density at radius 3 is 2.41 bits per heavy atom. The summed E-state index contributed by atoms with van der Waals surface area (Å²) in [5.41, 5.74) is -0.122. The quantitative estimate of drug-likeness (QED) is 0.217. The van der Waals surface area contributed by atoms with Gasteiger partial charge in [0.25, 0.3) is 5.91 Å². The highest BCUT2D eigenvalue weighted by Gasteiger charge is 2.34. The molecule has 6 nitrogen and oxygen atoms in total. The van der Waals surface area contributed by atoms with E-state index in [-0.39, 0.29) is 18.4 Å². The first-order valence-corrected chi connectivity index (χ1v) is 12.2. The van der Waals surface area contributed by atoms with Gasteiger partial charge in [-0.2, -0.15) is 13.2 Å². The standard InChI is InChI=1S/C29H29F4N3O3/c1-19(36-27(37)28(2,3)39-26-13-10-22(18-35-26)29(31,32)33)25(21-6-5-7-23(17-21)34-4)16-20-8-11-24(12-9-20)38-15-14-30/h5-13,17-19,25H,14-16H2,1-3H3,(H,36,37)/t19-,25+/m0/s1/i30-1. The van der Waals surface area contributed by atoms with Gasteiger partial charge in [0.15, 0.2) is 11.3 Å². The first-order valence-electron chi connectivity index (χ1n) is 12.2. The Morgan fingerprint density at radius 1 is 1.10 bits per heavy atom. The number of carbonyl (C=O) groups is 1. The molecular weight excluding hydrogens is 513 g/mol. The number of hydrogen-bond donors (Lipinski definition) is 1. The van der Waals surface area contributed by atoms with Crippen LogP contribution in [0.4, 0.5) is 23.2 Å². The molecule has 1 N–H and O–H groups in total. The van der Waals surface area contributed by atoms with Crippen molar-refractivity contribution >= 4 is 11.6 Å². The Labute approximate surface area is 224 Å². The van der Waals surface area contributed by atoms with E-state index in [4.69, 9.17) is 16.0 Å². The minimum atomic E-state index is -4.53. The van der Waals surface area contributed by atoms with Crippen LogP contribution in [0.5, 0.6) is 11.6 Å². The second kappa shape index (κ2) is 12.6. The fourth-order valence-corrected chi connectivity index (χ4v) is 3.94. The van der Waals surface area contributed by atoms with Crippen LogP contribution in [0.2, 0.25) is 0 Å². The number of nitrogens with one attached hydrogen (secondary N) is 1. The number of ether oxygens (including phenoxy) is 2. The highest BCUT2D eigenvalue weighted by atomic mass is 19.4. The molecule has 3 rings (SSSR count). The number of alkyl halides is 4. The van der Waals surface area contributed by atoms with Gasteiger partial charge in [-0.25, -0.2) is 14.2 Å². The van der Waals surface area contributed by atoms with E-state index in [1.807, 2.05) is 25.1 Å². The summed E-state index contributed by atoms with van der Waals surface area (Å²) >= 11 is 0. The molecule has 0 aliphatic rings. The molecule has 206 valence electrons. The largest absolute Gasteiger partial charge is 0.491 e. The summed E-state index contributed by atoms with van der Waals surface area (Å²) in [4.78, 5) is 20.4. The molecule has 3 aromatic rings. The molecule has 2 atom stereocenters. The number of nitrogens with zero attached hydrogens (tertiary/aromatic N) is 2. The van der Waals surface area contributed by atoms with Crippen molar-refractivity contribution in [3.63, 3.8) is 0 Å². The van der Waals surface area contributed by atoms with Gasteiger partial charge >= 0.3 is 6.18 Å². The van der Waals surface area contributed by atoms with Crippen LogP contribution in [0.3, 0.4) is 0 Å². The van der Waals surface area contributed by atoms with Crippen molar-refractivity contribution in [3.05, 3.63) is 95.0 Å². The number of aromatic nitrogens is 1. The maximum absolute atomic E-state index is 13.2. The van der Waals surface area contributed by atoms with E-state index in [1.54, 1.807) is 30.3 Å². The van der Waals surface area contributed by atoms with Crippen molar-refractivity contribution in [1.82, 2.24) is 10.3 Å². The summed E-state index contributed by atoms with van der Waals surface area (Å²) in [6.45, 7) is 11.6. The Morgan fingerprint density at radius 2 is 1.82 bits per heavy atom. The van der Waals surface area contributed by atoms with Crippen LogP contribution in [0.1, 0.15) is 43.4 Å². The molecule has 1 heterocycles. The van der Waals surface area contributed by atoms with Gasteiger partial charge in [-0.3, -0.25) is 4.79 Å². The number of carbonyl (C=O) groups excluding carboxylic acids is 1. The lowest BCUT2D eigenvalue weighted by Crippen LogP contribution is -2.51. The lowest BCUT2D eigenvalue weighted by atomic mass is 9.86. The zero-order chi connectivity index (χ0) is 28.6. The van der Waals surface area contributed by atoms with Crippen LogP contribution in [0, 0.1) is 6.57 Å². The monoisotopic (exact) mass is 542 g/mol. The van der Waals surface area contributed by atoms with Crippen molar-refractivity contribution in [1.29, 1.82) is 0 Å². The van der Waals surface area contributed by atoms with Crippen LogP contribution < -0.4 is 14.8 Å². The van der Waals surface area contributed by atoms with E-state index >= 15 is 0 Å². The number of benzene rings is 2. The van der Waals surface area contributed by atoms with Gasteiger partial charge in [0.1, 0.15) is 19.0 Å². The van der Waals surface area contributed by atoms with Gasteiger partial charge in [-0.05, 0) is 51.0 Å². The molecule has 0 fully saturated rings. The molecule has 2 aromatic carbocycles. The molecule has 0 unspecified atom stereocenters. The second-order valence-corrected chi connectivity index (χ2v) is 9.46. The molecule has 0 radical (unpaired) electrons. The molecular formula is C29H29F4N3O3. The normalized spacial score (nSPS) is 13.2. The van der Waals surface area contributed by atoms with Gasteiger partial charge < -0.3 is 14.8 Å². The van der Waals surface area contributed by atoms with Gasteiger partial charge in [0, 0.05) is 24.2 Å². The Hall–Kier alpha value is -4.13.